The van der Waals surface area contributed by atoms with E-state index in [0.29, 0.717) is 35.8 Å². The minimum Gasteiger partial charge on any atom is -0.478 e. The average molecular weight is 472 g/mol. The Labute approximate surface area is 194 Å². The fourth-order valence-electron chi connectivity index (χ4n) is 4.30. The number of hydrogen-bond acceptors (Lipinski definition) is 5. The number of para-hydroxylation sites is 3. The number of benzene rings is 2. The van der Waals surface area contributed by atoms with Crippen LogP contribution in [-0.4, -0.2) is 57.1 Å². The van der Waals surface area contributed by atoms with Crippen LogP contribution in [0.15, 0.2) is 48.5 Å². The Hall–Kier alpha value is -3.07. The number of hydrogen-bond donors (Lipinski definition) is 1. The van der Waals surface area contributed by atoms with E-state index in [9.17, 15) is 18.0 Å². The first-order valence-electron chi connectivity index (χ1n) is 11.3. The highest BCUT2D eigenvalue weighted by molar-refractivity contribution is 7.92. The molecule has 0 spiro atoms. The first-order chi connectivity index (χ1) is 15.8. The zero-order valence-electron chi connectivity index (χ0n) is 18.7. The van der Waals surface area contributed by atoms with Crippen molar-refractivity contribution in [2.75, 3.05) is 35.5 Å². The van der Waals surface area contributed by atoms with Crippen LogP contribution < -0.4 is 14.4 Å². The summed E-state index contributed by atoms with van der Waals surface area (Å²) in [4.78, 5) is 28.2. The van der Waals surface area contributed by atoms with Crippen molar-refractivity contribution in [2.24, 2.45) is 0 Å². The number of fused-ring (bicyclic) bond motifs is 1. The monoisotopic (exact) mass is 471 g/mol. The largest absolute Gasteiger partial charge is 0.478 e. The third-order valence-corrected chi connectivity index (χ3v) is 7.18. The van der Waals surface area contributed by atoms with Crippen molar-refractivity contribution in [2.45, 2.75) is 38.2 Å². The highest BCUT2D eigenvalue weighted by Crippen LogP contribution is 2.34. The van der Waals surface area contributed by atoms with Crippen LogP contribution in [0.5, 0.6) is 5.75 Å². The first kappa shape index (κ1) is 23.1. The van der Waals surface area contributed by atoms with Crippen LogP contribution in [0.2, 0.25) is 0 Å². The molecule has 33 heavy (non-hydrogen) atoms. The molecule has 8 nitrogen and oxygen atoms in total. The third-order valence-electron chi connectivity index (χ3n) is 6.00. The van der Waals surface area contributed by atoms with Gasteiger partial charge in [0.25, 0.3) is 11.8 Å². The topological polar surface area (TPSA) is 96.0 Å². The van der Waals surface area contributed by atoms with E-state index in [2.05, 4.69) is 5.32 Å². The van der Waals surface area contributed by atoms with Gasteiger partial charge >= 0.3 is 0 Å². The van der Waals surface area contributed by atoms with Gasteiger partial charge in [-0.05, 0) is 37.1 Å². The second-order valence-electron chi connectivity index (χ2n) is 8.44. The summed E-state index contributed by atoms with van der Waals surface area (Å²) in [5, 5.41) is 2.85. The van der Waals surface area contributed by atoms with Crippen LogP contribution in [0.3, 0.4) is 0 Å². The molecular weight excluding hydrogens is 442 g/mol. The van der Waals surface area contributed by atoms with Gasteiger partial charge in [0.2, 0.25) is 10.0 Å². The number of nitrogens with one attached hydrogen (secondary N) is 1. The summed E-state index contributed by atoms with van der Waals surface area (Å²) in [7, 11) is -3.53. The molecule has 4 rings (SSSR count). The van der Waals surface area contributed by atoms with Crippen LogP contribution in [0.4, 0.5) is 11.4 Å². The number of nitrogens with zero attached hydrogens (tertiary/aromatic N) is 2. The van der Waals surface area contributed by atoms with E-state index in [-0.39, 0.29) is 18.9 Å². The van der Waals surface area contributed by atoms with Crippen molar-refractivity contribution < 1.29 is 22.7 Å². The predicted molar refractivity (Wildman–Crippen MR) is 127 cm³/mol. The molecular formula is C24H29N3O5S. The molecule has 0 bridgehead atoms. The number of ether oxygens (including phenoxy) is 1. The molecule has 2 aromatic carbocycles. The molecule has 1 atom stereocenters. The molecule has 0 unspecified atom stereocenters. The van der Waals surface area contributed by atoms with E-state index >= 15 is 0 Å². The number of anilines is 2. The van der Waals surface area contributed by atoms with Gasteiger partial charge in [0.15, 0.2) is 6.10 Å². The second kappa shape index (κ2) is 9.82. The Balaban J connectivity index is 1.54. The fourth-order valence-corrected chi connectivity index (χ4v) is 5.24. The summed E-state index contributed by atoms with van der Waals surface area (Å²) in [5.74, 6) is -0.186. The number of likely N-dealkylation sites (tertiary alicyclic amines) is 1. The Morgan fingerprint density at radius 2 is 1.61 bits per heavy atom. The van der Waals surface area contributed by atoms with Gasteiger partial charge in [0, 0.05) is 26.1 Å². The Morgan fingerprint density at radius 1 is 0.939 bits per heavy atom. The van der Waals surface area contributed by atoms with Gasteiger partial charge in [-0.2, -0.15) is 0 Å². The number of carbonyl (C=O) groups is 2. The average Bonchev–Trinajstić information content (AvgIpc) is 3.18. The van der Waals surface area contributed by atoms with Gasteiger partial charge < -0.3 is 15.0 Å². The van der Waals surface area contributed by atoms with E-state index in [0.717, 1.165) is 31.9 Å². The maximum Gasteiger partial charge on any atom is 0.265 e. The maximum absolute atomic E-state index is 13.2. The summed E-state index contributed by atoms with van der Waals surface area (Å²) in [5.41, 5.74) is 1.28. The van der Waals surface area contributed by atoms with Crippen molar-refractivity contribution >= 4 is 33.2 Å². The predicted octanol–water partition coefficient (Wildman–Crippen LogP) is 3.26. The minimum atomic E-state index is -3.53. The van der Waals surface area contributed by atoms with E-state index in [1.54, 1.807) is 48.5 Å². The van der Waals surface area contributed by atoms with Gasteiger partial charge in [-0.3, -0.25) is 13.9 Å². The Bertz CT molecular complexity index is 1130. The zero-order chi connectivity index (χ0) is 23.4. The summed E-state index contributed by atoms with van der Waals surface area (Å²) in [6, 6.07) is 13.7. The van der Waals surface area contributed by atoms with Crippen LogP contribution in [-0.2, 0) is 14.8 Å². The lowest BCUT2D eigenvalue weighted by Crippen LogP contribution is -2.37. The van der Waals surface area contributed by atoms with E-state index in [1.165, 1.54) is 4.31 Å². The third kappa shape index (κ3) is 5.30. The molecule has 176 valence electrons. The molecule has 2 aromatic rings. The second-order valence-corrected chi connectivity index (χ2v) is 10.3. The molecule has 0 aliphatic carbocycles. The first-order valence-corrected chi connectivity index (χ1v) is 13.1. The van der Waals surface area contributed by atoms with Gasteiger partial charge in [-0.1, -0.05) is 37.1 Å². The highest BCUT2D eigenvalue weighted by atomic mass is 32.2. The quantitative estimate of drug-likeness (QED) is 0.738. The summed E-state index contributed by atoms with van der Waals surface area (Å²) >= 11 is 0. The van der Waals surface area contributed by atoms with Crippen LogP contribution in [0.1, 0.15) is 42.5 Å². The summed E-state index contributed by atoms with van der Waals surface area (Å²) in [6.07, 6.45) is 4.60. The van der Waals surface area contributed by atoms with Crippen LogP contribution in [0, 0.1) is 0 Å². The molecule has 1 saturated heterocycles. The molecule has 2 aliphatic rings. The molecule has 9 heteroatoms. The smallest absolute Gasteiger partial charge is 0.265 e. The SMILES string of the molecule is CS(=O)(=O)N1CC[C@H](C(=O)Nc2ccccc2C(=O)N2CCCCCC2)Oc2ccccc21. The van der Waals surface area contributed by atoms with Crippen LogP contribution >= 0.6 is 0 Å². The van der Waals surface area contributed by atoms with Crippen molar-refractivity contribution in [3.8, 4) is 5.75 Å². The number of sulfonamides is 1. The normalized spacial score (nSPS) is 19.0. The van der Waals surface area contributed by atoms with Gasteiger partial charge in [-0.15, -0.1) is 0 Å². The number of carbonyl (C=O) groups excluding carboxylic acids is 2. The van der Waals surface area contributed by atoms with Crippen molar-refractivity contribution in [1.82, 2.24) is 4.90 Å². The lowest BCUT2D eigenvalue weighted by Gasteiger charge is -2.22. The Morgan fingerprint density at radius 3 is 2.33 bits per heavy atom. The highest BCUT2D eigenvalue weighted by Gasteiger charge is 2.31. The number of amides is 2. The summed E-state index contributed by atoms with van der Waals surface area (Å²) in [6.45, 7) is 1.54. The standard InChI is InChI=1S/C24H29N3O5S/c1-33(30,31)27-17-14-22(32-21-13-7-6-12-20(21)27)23(28)25-19-11-5-4-10-18(19)24(29)26-15-8-2-3-9-16-26/h4-7,10-13,22H,2-3,8-9,14-17H2,1H3,(H,25,28)/t22-/m1/s1. The van der Waals surface area contributed by atoms with E-state index in [1.807, 2.05) is 4.90 Å². The van der Waals surface area contributed by atoms with Crippen LogP contribution in [0.25, 0.3) is 0 Å². The Kier molecular flexibility index (Phi) is 6.88. The van der Waals surface area contributed by atoms with Crippen molar-refractivity contribution in [3.05, 3.63) is 54.1 Å². The van der Waals surface area contributed by atoms with Gasteiger partial charge in [0.05, 0.1) is 23.2 Å². The molecule has 0 radical (unpaired) electrons. The molecule has 2 heterocycles. The van der Waals surface area contributed by atoms with Crippen molar-refractivity contribution in [1.29, 1.82) is 0 Å². The number of rotatable bonds is 4. The fraction of sp³-hybridized carbons (Fsp3) is 0.417. The molecule has 1 fully saturated rings. The lowest BCUT2D eigenvalue weighted by molar-refractivity contribution is -0.122. The maximum atomic E-state index is 13.2. The molecule has 2 amide bonds. The molecule has 1 N–H and O–H groups in total. The van der Waals surface area contributed by atoms with Gasteiger partial charge in [0.1, 0.15) is 5.75 Å². The molecule has 0 saturated carbocycles. The zero-order valence-corrected chi connectivity index (χ0v) is 19.5. The molecule has 2 aliphatic heterocycles. The lowest BCUT2D eigenvalue weighted by atomic mass is 10.1. The van der Waals surface area contributed by atoms with Gasteiger partial charge in [-0.25, -0.2) is 8.42 Å². The minimum absolute atomic E-state index is 0.0943. The summed E-state index contributed by atoms with van der Waals surface area (Å²) < 4.78 is 31.8. The van der Waals surface area contributed by atoms with E-state index in [4.69, 9.17) is 4.74 Å². The van der Waals surface area contributed by atoms with Crippen molar-refractivity contribution in [3.63, 3.8) is 0 Å². The molecule has 0 aromatic heterocycles. The van der Waals surface area contributed by atoms with E-state index < -0.39 is 22.0 Å².